The summed E-state index contributed by atoms with van der Waals surface area (Å²) in [6.45, 7) is 2.98. The summed E-state index contributed by atoms with van der Waals surface area (Å²) < 4.78 is 0.892. The maximum Gasteiger partial charge on any atom is 0.293 e. The number of nitro groups is 1. The third kappa shape index (κ3) is 3.79. The van der Waals surface area contributed by atoms with E-state index in [2.05, 4.69) is 27.9 Å². The van der Waals surface area contributed by atoms with Crippen LogP contribution in [0.3, 0.4) is 0 Å². The molecule has 1 N–H and O–H groups in total. The first kappa shape index (κ1) is 14.5. The van der Waals surface area contributed by atoms with Crippen molar-refractivity contribution in [3.05, 3.63) is 31.9 Å². The smallest absolute Gasteiger partial charge is 0.293 e. The molecule has 0 aliphatic carbocycles. The molecule has 0 unspecified atom stereocenters. The van der Waals surface area contributed by atoms with E-state index in [9.17, 15) is 10.1 Å². The predicted octanol–water partition coefficient (Wildman–Crippen LogP) is 2.64. The lowest BCUT2D eigenvalue weighted by Crippen LogP contribution is -2.34. The Labute approximate surface area is 126 Å². The zero-order chi connectivity index (χ0) is 13.8. The number of nitrogens with one attached hydrogen (secondary N) is 1. The number of anilines is 1. The van der Waals surface area contributed by atoms with Crippen molar-refractivity contribution in [1.82, 2.24) is 5.32 Å². The number of hydrogen-bond acceptors (Lipinski definition) is 4. The van der Waals surface area contributed by atoms with Crippen LogP contribution in [-0.4, -0.2) is 31.6 Å². The molecular weight excluding hydrogens is 357 g/mol. The molecule has 1 heterocycles. The molecule has 6 heteroatoms. The van der Waals surface area contributed by atoms with Crippen LogP contribution >= 0.6 is 22.6 Å². The molecule has 0 spiro atoms. The molecule has 1 aromatic carbocycles. The fourth-order valence-corrected chi connectivity index (χ4v) is 2.99. The Morgan fingerprint density at radius 3 is 2.79 bits per heavy atom. The zero-order valence-corrected chi connectivity index (χ0v) is 13.1. The summed E-state index contributed by atoms with van der Waals surface area (Å²) >= 11 is 2.10. The van der Waals surface area contributed by atoms with Crippen molar-refractivity contribution in [2.45, 2.75) is 12.8 Å². The summed E-state index contributed by atoms with van der Waals surface area (Å²) in [7, 11) is 1.94. The van der Waals surface area contributed by atoms with Gasteiger partial charge in [0.2, 0.25) is 0 Å². The van der Waals surface area contributed by atoms with Gasteiger partial charge in [-0.1, -0.05) is 0 Å². The van der Waals surface area contributed by atoms with Crippen LogP contribution in [0.1, 0.15) is 12.8 Å². The number of nitro benzene ring substituents is 1. The van der Waals surface area contributed by atoms with E-state index in [1.807, 2.05) is 24.1 Å². The Kier molecular flexibility index (Phi) is 4.98. The van der Waals surface area contributed by atoms with Crippen LogP contribution in [0.4, 0.5) is 11.4 Å². The molecule has 1 saturated heterocycles. The molecule has 1 aliphatic heterocycles. The third-order valence-corrected chi connectivity index (χ3v) is 4.21. The van der Waals surface area contributed by atoms with Crippen molar-refractivity contribution in [2.24, 2.45) is 5.92 Å². The molecule has 0 saturated carbocycles. The quantitative estimate of drug-likeness (QED) is 0.500. The highest BCUT2D eigenvalue weighted by Crippen LogP contribution is 2.30. The number of benzene rings is 1. The highest BCUT2D eigenvalue weighted by atomic mass is 127. The van der Waals surface area contributed by atoms with Gasteiger partial charge in [0.05, 0.1) is 4.92 Å². The van der Waals surface area contributed by atoms with E-state index in [1.54, 1.807) is 6.07 Å². The predicted molar refractivity (Wildman–Crippen MR) is 84.7 cm³/mol. The minimum absolute atomic E-state index is 0.198. The van der Waals surface area contributed by atoms with Crippen molar-refractivity contribution < 1.29 is 4.92 Å². The first-order chi connectivity index (χ1) is 9.08. The van der Waals surface area contributed by atoms with Gasteiger partial charge in [-0.3, -0.25) is 10.1 Å². The van der Waals surface area contributed by atoms with Gasteiger partial charge in [0.25, 0.3) is 5.69 Å². The van der Waals surface area contributed by atoms with E-state index >= 15 is 0 Å². The summed E-state index contributed by atoms with van der Waals surface area (Å²) in [4.78, 5) is 12.9. The summed E-state index contributed by atoms with van der Waals surface area (Å²) in [5, 5.41) is 14.5. The normalized spacial score (nSPS) is 16.3. The van der Waals surface area contributed by atoms with E-state index in [-0.39, 0.29) is 10.6 Å². The molecule has 0 radical (unpaired) electrons. The maximum atomic E-state index is 11.1. The molecular formula is C13H18IN3O2. The van der Waals surface area contributed by atoms with Crippen LogP contribution in [0, 0.1) is 19.6 Å². The maximum absolute atomic E-state index is 11.1. The molecule has 0 bridgehead atoms. The molecule has 0 aromatic heterocycles. The summed E-state index contributed by atoms with van der Waals surface area (Å²) in [6.07, 6.45) is 2.28. The number of hydrogen-bond donors (Lipinski definition) is 1. The molecule has 2 rings (SSSR count). The van der Waals surface area contributed by atoms with Gasteiger partial charge in [-0.15, -0.1) is 0 Å². The van der Waals surface area contributed by atoms with E-state index in [0.717, 1.165) is 36.0 Å². The van der Waals surface area contributed by atoms with Gasteiger partial charge < -0.3 is 10.2 Å². The van der Waals surface area contributed by atoms with Gasteiger partial charge in [-0.2, -0.15) is 0 Å². The highest BCUT2D eigenvalue weighted by molar-refractivity contribution is 14.1. The number of nitrogens with zero attached hydrogens (tertiary/aromatic N) is 2. The molecule has 0 amide bonds. The van der Waals surface area contributed by atoms with Crippen LogP contribution < -0.4 is 10.2 Å². The number of piperidine rings is 1. The molecule has 5 nitrogen and oxygen atoms in total. The SMILES string of the molecule is CN(CC1CCNCC1)c1ccc(I)cc1[N+](=O)[O-]. The molecule has 1 aromatic rings. The van der Waals surface area contributed by atoms with E-state index in [4.69, 9.17) is 0 Å². The monoisotopic (exact) mass is 375 g/mol. The van der Waals surface area contributed by atoms with Gasteiger partial charge in [0.1, 0.15) is 5.69 Å². The first-order valence-corrected chi connectivity index (χ1v) is 7.51. The van der Waals surface area contributed by atoms with E-state index in [0.29, 0.717) is 11.6 Å². The van der Waals surface area contributed by atoms with Crippen molar-refractivity contribution in [3.8, 4) is 0 Å². The molecule has 19 heavy (non-hydrogen) atoms. The number of halogens is 1. The van der Waals surface area contributed by atoms with Gasteiger partial charge in [0, 0.05) is 23.2 Å². The standard InChI is InChI=1S/C13H18IN3O2/c1-16(9-10-4-6-15-7-5-10)12-3-2-11(14)8-13(12)17(18)19/h2-3,8,10,15H,4-7,9H2,1H3. The minimum atomic E-state index is -0.295. The Hall–Kier alpha value is -0.890. The van der Waals surface area contributed by atoms with Gasteiger partial charge in [0.15, 0.2) is 0 Å². The van der Waals surface area contributed by atoms with Crippen molar-refractivity contribution in [1.29, 1.82) is 0 Å². The van der Waals surface area contributed by atoms with Crippen LogP contribution in [0.5, 0.6) is 0 Å². The van der Waals surface area contributed by atoms with Crippen molar-refractivity contribution in [3.63, 3.8) is 0 Å². The Morgan fingerprint density at radius 1 is 1.47 bits per heavy atom. The van der Waals surface area contributed by atoms with Crippen molar-refractivity contribution in [2.75, 3.05) is 31.6 Å². The highest BCUT2D eigenvalue weighted by Gasteiger charge is 2.21. The first-order valence-electron chi connectivity index (χ1n) is 6.43. The third-order valence-electron chi connectivity index (χ3n) is 3.54. The zero-order valence-electron chi connectivity index (χ0n) is 10.9. The van der Waals surface area contributed by atoms with Crippen LogP contribution in [0.25, 0.3) is 0 Å². The van der Waals surface area contributed by atoms with E-state index < -0.39 is 0 Å². The lowest BCUT2D eigenvalue weighted by atomic mass is 9.97. The fraction of sp³-hybridized carbons (Fsp3) is 0.538. The van der Waals surface area contributed by atoms with Crippen LogP contribution in [-0.2, 0) is 0 Å². The average Bonchev–Trinajstić information content (AvgIpc) is 2.39. The summed E-state index contributed by atoms with van der Waals surface area (Å²) in [5.74, 6) is 0.616. The topological polar surface area (TPSA) is 58.4 Å². The van der Waals surface area contributed by atoms with E-state index in [1.165, 1.54) is 0 Å². The summed E-state index contributed by atoms with van der Waals surface area (Å²) in [6, 6.07) is 5.40. The Balaban J connectivity index is 2.13. The average molecular weight is 375 g/mol. The fourth-order valence-electron chi connectivity index (χ4n) is 2.52. The summed E-state index contributed by atoms with van der Waals surface area (Å²) in [5.41, 5.74) is 0.910. The Morgan fingerprint density at radius 2 is 2.16 bits per heavy atom. The van der Waals surface area contributed by atoms with Crippen LogP contribution in [0.2, 0.25) is 0 Å². The minimum Gasteiger partial charge on any atom is -0.369 e. The van der Waals surface area contributed by atoms with Gasteiger partial charge >= 0.3 is 0 Å². The Bertz CT molecular complexity index is 461. The van der Waals surface area contributed by atoms with Crippen LogP contribution in [0.15, 0.2) is 18.2 Å². The molecule has 0 atom stereocenters. The molecule has 104 valence electrons. The lowest BCUT2D eigenvalue weighted by Gasteiger charge is -2.28. The van der Waals surface area contributed by atoms with Gasteiger partial charge in [-0.25, -0.2) is 0 Å². The lowest BCUT2D eigenvalue weighted by molar-refractivity contribution is -0.384. The van der Waals surface area contributed by atoms with Crippen molar-refractivity contribution >= 4 is 34.0 Å². The largest absolute Gasteiger partial charge is 0.369 e. The second-order valence-corrected chi connectivity index (χ2v) is 6.21. The molecule has 1 fully saturated rings. The number of rotatable bonds is 4. The second kappa shape index (κ2) is 6.51. The second-order valence-electron chi connectivity index (χ2n) is 4.96. The molecule has 1 aliphatic rings. The van der Waals surface area contributed by atoms with Gasteiger partial charge in [-0.05, 0) is 66.6 Å².